The van der Waals surface area contributed by atoms with Crippen molar-refractivity contribution in [3.05, 3.63) is 83.9 Å². The smallest absolute Gasteiger partial charge is 0.262 e. The molecule has 0 unspecified atom stereocenters. The van der Waals surface area contributed by atoms with Crippen LogP contribution < -0.4 is 25.0 Å². The van der Waals surface area contributed by atoms with Crippen LogP contribution >= 0.6 is 0 Å². The molecule has 0 heterocycles. The lowest BCUT2D eigenvalue weighted by atomic mass is 10.1. The van der Waals surface area contributed by atoms with E-state index in [0.717, 1.165) is 5.56 Å². The van der Waals surface area contributed by atoms with Gasteiger partial charge in [-0.15, -0.1) is 0 Å². The van der Waals surface area contributed by atoms with Gasteiger partial charge in [0.2, 0.25) is 5.91 Å². The molecule has 0 atom stereocenters. The number of methoxy groups -OCH3 is 1. The molecule has 2 N–H and O–H groups in total. The van der Waals surface area contributed by atoms with E-state index in [9.17, 15) is 9.59 Å². The number of nitrogens with one attached hydrogen (secondary N) is 2. The van der Waals surface area contributed by atoms with E-state index in [2.05, 4.69) is 15.8 Å². The number of nitrogens with zero attached hydrogens (tertiary/aromatic N) is 1. The van der Waals surface area contributed by atoms with Gasteiger partial charge in [-0.1, -0.05) is 42.5 Å². The largest absolute Gasteiger partial charge is 0.495 e. The van der Waals surface area contributed by atoms with Crippen molar-refractivity contribution in [2.75, 3.05) is 25.6 Å². The molecule has 0 saturated heterocycles. The number of hydrazone groups is 1. The Bertz CT molecular complexity index is 1130. The van der Waals surface area contributed by atoms with Crippen LogP contribution in [0.4, 0.5) is 5.69 Å². The molecule has 0 bridgehead atoms. The number of hydrogen-bond donors (Lipinski definition) is 2. The molecular weight excluding hydrogens is 434 g/mol. The van der Waals surface area contributed by atoms with Crippen molar-refractivity contribution in [1.29, 1.82) is 0 Å². The SMILES string of the molecule is CCOc1cc(/C=N/NC(=O)Cc2ccccc2)ccc1OCC(=O)Nc1ccccc1OC. The van der Waals surface area contributed by atoms with E-state index in [4.69, 9.17) is 14.2 Å². The predicted molar refractivity (Wildman–Crippen MR) is 131 cm³/mol. The topological polar surface area (TPSA) is 98.3 Å². The number of hydrogen-bond acceptors (Lipinski definition) is 6. The second-order valence-corrected chi connectivity index (χ2v) is 7.13. The van der Waals surface area contributed by atoms with Crippen LogP contribution in [0.15, 0.2) is 77.9 Å². The Morgan fingerprint density at radius 2 is 1.65 bits per heavy atom. The van der Waals surface area contributed by atoms with Gasteiger partial charge in [-0.3, -0.25) is 9.59 Å². The van der Waals surface area contributed by atoms with Gasteiger partial charge in [-0.25, -0.2) is 5.43 Å². The Morgan fingerprint density at radius 3 is 2.41 bits per heavy atom. The molecule has 0 aromatic heterocycles. The zero-order valence-corrected chi connectivity index (χ0v) is 19.1. The van der Waals surface area contributed by atoms with E-state index in [1.54, 1.807) is 36.4 Å². The third kappa shape index (κ3) is 7.37. The normalized spacial score (nSPS) is 10.5. The van der Waals surface area contributed by atoms with Crippen molar-refractivity contribution in [2.45, 2.75) is 13.3 Å². The fraction of sp³-hybridized carbons (Fsp3) is 0.192. The number of ether oxygens (including phenoxy) is 3. The number of carbonyl (C=O) groups is 2. The third-order valence-electron chi connectivity index (χ3n) is 4.62. The highest BCUT2D eigenvalue weighted by Crippen LogP contribution is 2.28. The predicted octanol–water partition coefficient (Wildman–Crippen LogP) is 3.80. The summed E-state index contributed by atoms with van der Waals surface area (Å²) in [7, 11) is 1.54. The minimum Gasteiger partial charge on any atom is -0.495 e. The van der Waals surface area contributed by atoms with Crippen molar-refractivity contribution in [3.63, 3.8) is 0 Å². The molecular formula is C26H27N3O5. The zero-order chi connectivity index (χ0) is 24.2. The maximum Gasteiger partial charge on any atom is 0.262 e. The van der Waals surface area contributed by atoms with Crippen molar-refractivity contribution >= 4 is 23.7 Å². The number of amides is 2. The molecule has 0 fully saturated rings. The number of carbonyl (C=O) groups excluding carboxylic acids is 2. The van der Waals surface area contributed by atoms with Gasteiger partial charge in [0.25, 0.3) is 5.91 Å². The summed E-state index contributed by atoms with van der Waals surface area (Å²) in [4.78, 5) is 24.4. The Balaban J connectivity index is 1.57. The molecule has 2 amide bonds. The summed E-state index contributed by atoms with van der Waals surface area (Å²) >= 11 is 0. The van der Waals surface area contributed by atoms with Crippen molar-refractivity contribution in [3.8, 4) is 17.2 Å². The van der Waals surface area contributed by atoms with Crippen LogP contribution in [0.2, 0.25) is 0 Å². The first-order valence-corrected chi connectivity index (χ1v) is 10.8. The Morgan fingerprint density at radius 1 is 0.882 bits per heavy atom. The lowest BCUT2D eigenvalue weighted by molar-refractivity contribution is -0.120. The Hall–Kier alpha value is -4.33. The summed E-state index contributed by atoms with van der Waals surface area (Å²) in [6, 6.07) is 21.7. The lowest BCUT2D eigenvalue weighted by Crippen LogP contribution is -2.20. The summed E-state index contributed by atoms with van der Waals surface area (Å²) < 4.78 is 16.6. The molecule has 8 heteroatoms. The molecule has 3 rings (SSSR count). The minimum atomic E-state index is -0.335. The highest BCUT2D eigenvalue weighted by Gasteiger charge is 2.11. The number of rotatable bonds is 11. The highest BCUT2D eigenvalue weighted by atomic mass is 16.5. The van der Waals surface area contributed by atoms with Crippen LogP contribution in [0.5, 0.6) is 17.2 Å². The molecule has 176 valence electrons. The van der Waals surface area contributed by atoms with Gasteiger partial charge >= 0.3 is 0 Å². The number of benzene rings is 3. The summed E-state index contributed by atoms with van der Waals surface area (Å²) in [5.74, 6) is 0.895. The van der Waals surface area contributed by atoms with Gasteiger partial charge in [0.15, 0.2) is 18.1 Å². The van der Waals surface area contributed by atoms with Gasteiger partial charge in [0.1, 0.15) is 5.75 Å². The minimum absolute atomic E-state index is 0.207. The first kappa shape index (κ1) is 24.3. The summed E-state index contributed by atoms with van der Waals surface area (Å²) in [5, 5.41) is 6.77. The molecule has 0 saturated carbocycles. The van der Waals surface area contributed by atoms with Crippen molar-refractivity contribution < 1.29 is 23.8 Å². The van der Waals surface area contributed by atoms with Crippen LogP contribution in [-0.4, -0.2) is 38.4 Å². The third-order valence-corrected chi connectivity index (χ3v) is 4.62. The second-order valence-electron chi connectivity index (χ2n) is 7.13. The van der Waals surface area contributed by atoms with Gasteiger partial charge in [-0.05, 0) is 48.4 Å². The second kappa shape index (κ2) is 12.6. The van der Waals surface area contributed by atoms with E-state index in [-0.39, 0.29) is 24.8 Å². The molecule has 8 nitrogen and oxygen atoms in total. The van der Waals surface area contributed by atoms with Gasteiger partial charge in [0.05, 0.1) is 32.0 Å². The molecule has 0 aliphatic carbocycles. The molecule has 34 heavy (non-hydrogen) atoms. The van der Waals surface area contributed by atoms with E-state index in [1.807, 2.05) is 43.3 Å². The summed E-state index contributed by atoms with van der Waals surface area (Å²) in [5.41, 5.74) is 4.68. The fourth-order valence-corrected chi connectivity index (χ4v) is 3.07. The van der Waals surface area contributed by atoms with Crippen LogP contribution in [0.3, 0.4) is 0 Å². The van der Waals surface area contributed by atoms with Crippen LogP contribution in [0, 0.1) is 0 Å². The van der Waals surface area contributed by atoms with E-state index in [1.165, 1.54) is 13.3 Å². The van der Waals surface area contributed by atoms with Crippen LogP contribution in [-0.2, 0) is 16.0 Å². The maximum atomic E-state index is 12.3. The van der Waals surface area contributed by atoms with Gasteiger partial charge in [0, 0.05) is 0 Å². The van der Waals surface area contributed by atoms with Crippen LogP contribution in [0.1, 0.15) is 18.1 Å². The summed E-state index contributed by atoms with van der Waals surface area (Å²) in [6.07, 6.45) is 1.76. The number of anilines is 1. The standard InChI is InChI=1S/C26H27N3O5/c1-3-33-24-15-20(17-27-29-25(30)16-19-9-5-4-6-10-19)13-14-23(24)34-18-26(31)28-21-11-7-8-12-22(21)32-2/h4-15,17H,3,16,18H2,1-2H3,(H,28,31)(H,29,30)/b27-17+. The van der Waals surface area contributed by atoms with Crippen molar-refractivity contribution in [2.24, 2.45) is 5.10 Å². The monoisotopic (exact) mass is 461 g/mol. The van der Waals surface area contributed by atoms with Crippen LogP contribution in [0.25, 0.3) is 0 Å². The first-order chi connectivity index (χ1) is 16.6. The highest BCUT2D eigenvalue weighted by molar-refractivity contribution is 5.93. The zero-order valence-electron chi connectivity index (χ0n) is 19.1. The summed E-state index contributed by atoms with van der Waals surface area (Å²) in [6.45, 7) is 2.06. The van der Waals surface area contributed by atoms with E-state index < -0.39 is 0 Å². The average molecular weight is 462 g/mol. The Kier molecular flexibility index (Phi) is 9.04. The molecule has 0 aliphatic heterocycles. The Labute approximate surface area is 198 Å². The number of para-hydroxylation sites is 2. The molecule has 3 aromatic carbocycles. The molecule has 0 radical (unpaired) electrons. The average Bonchev–Trinajstić information content (AvgIpc) is 2.84. The molecule has 0 aliphatic rings. The first-order valence-electron chi connectivity index (χ1n) is 10.8. The van der Waals surface area contributed by atoms with E-state index in [0.29, 0.717) is 35.1 Å². The van der Waals surface area contributed by atoms with Gasteiger partial charge < -0.3 is 19.5 Å². The fourth-order valence-electron chi connectivity index (χ4n) is 3.07. The quantitative estimate of drug-likeness (QED) is 0.334. The molecule has 3 aromatic rings. The van der Waals surface area contributed by atoms with Crippen molar-refractivity contribution in [1.82, 2.24) is 5.43 Å². The maximum absolute atomic E-state index is 12.3. The molecule has 0 spiro atoms. The lowest BCUT2D eigenvalue weighted by Gasteiger charge is -2.13. The van der Waals surface area contributed by atoms with E-state index >= 15 is 0 Å². The van der Waals surface area contributed by atoms with Gasteiger partial charge in [-0.2, -0.15) is 5.10 Å².